The molecule has 1 saturated carbocycles. The van der Waals surface area contributed by atoms with Crippen LogP contribution in [-0.4, -0.2) is 30.9 Å². The molecular formula is C25H30F3N3O2. The summed E-state index contributed by atoms with van der Waals surface area (Å²) in [6.45, 7) is 0.738. The van der Waals surface area contributed by atoms with E-state index in [1.54, 1.807) is 12.1 Å². The highest BCUT2D eigenvalue weighted by Crippen LogP contribution is 2.27. The van der Waals surface area contributed by atoms with E-state index < -0.39 is 23.6 Å². The van der Waals surface area contributed by atoms with Crippen molar-refractivity contribution in [3.63, 3.8) is 0 Å². The maximum atomic E-state index is 13.9. The van der Waals surface area contributed by atoms with Gasteiger partial charge < -0.3 is 16.0 Å². The molecule has 1 unspecified atom stereocenters. The van der Waals surface area contributed by atoms with Crippen LogP contribution in [0.4, 0.5) is 18.9 Å². The quantitative estimate of drug-likeness (QED) is 0.462. The second kappa shape index (κ2) is 12.3. The van der Waals surface area contributed by atoms with E-state index in [-0.39, 0.29) is 23.7 Å². The van der Waals surface area contributed by atoms with Gasteiger partial charge in [0.05, 0.1) is 6.42 Å². The molecule has 0 aromatic heterocycles. The van der Waals surface area contributed by atoms with E-state index >= 15 is 0 Å². The van der Waals surface area contributed by atoms with Crippen molar-refractivity contribution in [2.24, 2.45) is 5.92 Å². The first-order valence-electron chi connectivity index (χ1n) is 11.4. The minimum atomic E-state index is -0.747. The minimum Gasteiger partial charge on any atom is -0.383 e. The Labute approximate surface area is 192 Å². The Morgan fingerprint density at radius 1 is 0.909 bits per heavy atom. The number of amides is 2. The number of nitrogens with one attached hydrogen (secondary N) is 3. The van der Waals surface area contributed by atoms with Gasteiger partial charge in [-0.15, -0.1) is 0 Å². The van der Waals surface area contributed by atoms with Crippen molar-refractivity contribution < 1.29 is 22.8 Å². The van der Waals surface area contributed by atoms with Crippen molar-refractivity contribution in [1.82, 2.24) is 10.6 Å². The zero-order chi connectivity index (χ0) is 23.6. The zero-order valence-electron chi connectivity index (χ0n) is 18.5. The first-order chi connectivity index (χ1) is 15.9. The molecule has 0 saturated heterocycles. The lowest BCUT2D eigenvalue weighted by atomic mass is 9.84. The molecule has 0 radical (unpaired) electrons. The highest BCUT2D eigenvalue weighted by molar-refractivity contribution is 5.88. The van der Waals surface area contributed by atoms with E-state index in [0.29, 0.717) is 25.4 Å². The molecule has 2 amide bonds. The lowest BCUT2D eigenvalue weighted by Crippen LogP contribution is -2.49. The summed E-state index contributed by atoms with van der Waals surface area (Å²) in [4.78, 5) is 25.4. The number of benzene rings is 2. The molecule has 0 heterocycles. The highest BCUT2D eigenvalue weighted by Gasteiger charge is 2.26. The number of halogens is 3. The summed E-state index contributed by atoms with van der Waals surface area (Å²) in [6, 6.07) is 8.13. The maximum Gasteiger partial charge on any atom is 0.242 e. The normalized spacial score (nSPS) is 15.0. The second-order valence-corrected chi connectivity index (χ2v) is 8.50. The molecule has 2 aromatic rings. The van der Waals surface area contributed by atoms with Gasteiger partial charge in [-0.2, -0.15) is 0 Å². The minimum absolute atomic E-state index is 0.0483. The van der Waals surface area contributed by atoms with E-state index in [4.69, 9.17) is 0 Å². The summed E-state index contributed by atoms with van der Waals surface area (Å²) in [5.74, 6) is -2.11. The molecule has 0 aliphatic heterocycles. The summed E-state index contributed by atoms with van der Waals surface area (Å²) < 4.78 is 40.3. The van der Waals surface area contributed by atoms with Crippen LogP contribution in [0.15, 0.2) is 42.5 Å². The number of hydrogen-bond donors (Lipinski definition) is 3. The lowest BCUT2D eigenvalue weighted by Gasteiger charge is -2.26. The lowest BCUT2D eigenvalue weighted by molar-refractivity contribution is -0.129. The first kappa shape index (κ1) is 24.6. The van der Waals surface area contributed by atoms with Gasteiger partial charge in [0.2, 0.25) is 11.8 Å². The van der Waals surface area contributed by atoms with Gasteiger partial charge in [-0.25, -0.2) is 13.2 Å². The van der Waals surface area contributed by atoms with Crippen molar-refractivity contribution in [3.05, 3.63) is 65.5 Å². The molecule has 1 aliphatic rings. The van der Waals surface area contributed by atoms with Crippen LogP contribution in [0.3, 0.4) is 0 Å². The fourth-order valence-corrected chi connectivity index (χ4v) is 4.17. The third-order valence-electron chi connectivity index (χ3n) is 5.90. The Morgan fingerprint density at radius 3 is 2.33 bits per heavy atom. The molecule has 2 aromatic carbocycles. The third-order valence-corrected chi connectivity index (χ3v) is 5.90. The topological polar surface area (TPSA) is 70.2 Å². The van der Waals surface area contributed by atoms with Gasteiger partial charge in [-0.1, -0.05) is 32.1 Å². The fraction of sp³-hybridized carbons (Fsp3) is 0.440. The molecule has 1 aliphatic carbocycles. The fourth-order valence-electron chi connectivity index (χ4n) is 4.17. The van der Waals surface area contributed by atoms with Gasteiger partial charge in [0.25, 0.3) is 0 Å². The van der Waals surface area contributed by atoms with Gasteiger partial charge in [0.1, 0.15) is 23.5 Å². The van der Waals surface area contributed by atoms with Crippen molar-refractivity contribution in [3.8, 4) is 0 Å². The van der Waals surface area contributed by atoms with E-state index in [1.807, 2.05) is 0 Å². The number of carbonyl (C=O) groups excluding carboxylic acids is 2. The predicted molar refractivity (Wildman–Crippen MR) is 121 cm³/mol. The standard InChI is InChI=1S/C25H30F3N3O2/c26-19-6-9-21(10-7-19)29-12-13-30-25(33)23(14-17-4-2-1-3-5-17)31-24(32)16-18-15-20(27)8-11-22(18)28/h6-11,15,17,23,29H,1-5,12-14,16H2,(H,30,33)(H,31,32). The summed E-state index contributed by atoms with van der Waals surface area (Å²) in [6.07, 6.45) is 5.55. The first-order valence-corrected chi connectivity index (χ1v) is 11.4. The van der Waals surface area contributed by atoms with Crippen molar-refractivity contribution in [2.75, 3.05) is 18.4 Å². The van der Waals surface area contributed by atoms with E-state index in [0.717, 1.165) is 49.6 Å². The van der Waals surface area contributed by atoms with Gasteiger partial charge in [-0.05, 0) is 54.8 Å². The predicted octanol–water partition coefficient (Wildman–Crippen LogP) is 4.33. The molecule has 0 bridgehead atoms. The molecule has 1 fully saturated rings. The van der Waals surface area contributed by atoms with Crippen LogP contribution < -0.4 is 16.0 Å². The average Bonchev–Trinajstić information content (AvgIpc) is 2.80. The molecule has 3 rings (SSSR count). The van der Waals surface area contributed by atoms with Crippen LogP contribution >= 0.6 is 0 Å². The molecule has 3 N–H and O–H groups in total. The second-order valence-electron chi connectivity index (χ2n) is 8.50. The Hall–Kier alpha value is -3.03. The van der Waals surface area contributed by atoms with E-state index in [9.17, 15) is 22.8 Å². The molecule has 1 atom stereocenters. The molecule has 0 spiro atoms. The van der Waals surface area contributed by atoms with Crippen LogP contribution in [0.25, 0.3) is 0 Å². The SMILES string of the molecule is O=C(Cc1cc(F)ccc1F)NC(CC1CCCCC1)C(=O)NCCNc1ccc(F)cc1. The molecule has 178 valence electrons. The third kappa shape index (κ3) is 8.11. The summed E-state index contributed by atoms with van der Waals surface area (Å²) in [5.41, 5.74) is 0.683. The highest BCUT2D eigenvalue weighted by atomic mass is 19.1. The van der Waals surface area contributed by atoms with Crippen LogP contribution in [0.5, 0.6) is 0 Å². The van der Waals surface area contributed by atoms with Gasteiger partial charge in [0, 0.05) is 24.3 Å². The molecule has 5 nitrogen and oxygen atoms in total. The smallest absolute Gasteiger partial charge is 0.242 e. The Morgan fingerprint density at radius 2 is 1.61 bits per heavy atom. The van der Waals surface area contributed by atoms with Gasteiger partial charge >= 0.3 is 0 Å². The van der Waals surface area contributed by atoms with Crippen LogP contribution in [0.2, 0.25) is 0 Å². The number of hydrogen-bond acceptors (Lipinski definition) is 3. The van der Waals surface area contributed by atoms with Gasteiger partial charge in [-0.3, -0.25) is 9.59 Å². The largest absolute Gasteiger partial charge is 0.383 e. The number of anilines is 1. The Bertz CT molecular complexity index is 931. The molecular weight excluding hydrogens is 431 g/mol. The summed E-state index contributed by atoms with van der Waals surface area (Å²) >= 11 is 0. The Balaban J connectivity index is 1.55. The monoisotopic (exact) mass is 461 g/mol. The molecule has 8 heteroatoms. The zero-order valence-corrected chi connectivity index (χ0v) is 18.5. The maximum absolute atomic E-state index is 13.9. The van der Waals surface area contributed by atoms with Gasteiger partial charge in [0.15, 0.2) is 0 Å². The van der Waals surface area contributed by atoms with Crippen LogP contribution in [0, 0.1) is 23.4 Å². The number of rotatable bonds is 10. The van der Waals surface area contributed by atoms with Crippen LogP contribution in [-0.2, 0) is 16.0 Å². The van der Waals surface area contributed by atoms with Crippen LogP contribution in [0.1, 0.15) is 44.1 Å². The average molecular weight is 462 g/mol. The Kier molecular flexibility index (Phi) is 9.15. The van der Waals surface area contributed by atoms with Crippen molar-refractivity contribution in [1.29, 1.82) is 0 Å². The van der Waals surface area contributed by atoms with Crippen molar-refractivity contribution in [2.45, 2.75) is 51.0 Å². The van der Waals surface area contributed by atoms with E-state index in [2.05, 4.69) is 16.0 Å². The summed E-state index contributed by atoms with van der Waals surface area (Å²) in [7, 11) is 0. The molecule has 33 heavy (non-hydrogen) atoms. The summed E-state index contributed by atoms with van der Waals surface area (Å²) in [5, 5.41) is 8.63. The number of carbonyl (C=O) groups is 2. The van der Waals surface area contributed by atoms with Crippen molar-refractivity contribution >= 4 is 17.5 Å². The van der Waals surface area contributed by atoms with E-state index in [1.165, 1.54) is 18.6 Å².